The highest BCUT2D eigenvalue weighted by Gasteiger charge is 2.36. The van der Waals surface area contributed by atoms with E-state index >= 15 is 0 Å². The minimum Gasteiger partial charge on any atom is -0.388 e. The number of piperidine rings is 1. The smallest absolute Gasteiger partial charge is 0.0863 e. The lowest BCUT2D eigenvalue weighted by Crippen LogP contribution is -2.49. The van der Waals surface area contributed by atoms with Crippen LogP contribution in [0.15, 0.2) is 24.3 Å². The number of nitrogens with two attached hydrogens (primary N) is 1. The van der Waals surface area contributed by atoms with Gasteiger partial charge in [0, 0.05) is 0 Å². The highest BCUT2D eigenvalue weighted by atomic mass is 16.3. The summed E-state index contributed by atoms with van der Waals surface area (Å²) < 4.78 is 0. The van der Waals surface area contributed by atoms with E-state index in [4.69, 9.17) is 5.73 Å². The summed E-state index contributed by atoms with van der Waals surface area (Å²) in [6.07, 6.45) is 1.44. The number of aliphatic hydroxyl groups is 1. The lowest BCUT2D eigenvalue weighted by molar-refractivity contribution is -0.0143. The van der Waals surface area contributed by atoms with Crippen molar-refractivity contribution in [3.8, 4) is 0 Å². The van der Waals surface area contributed by atoms with E-state index in [1.165, 1.54) is 5.56 Å². The maximum Gasteiger partial charge on any atom is 0.0863 e. The first-order valence-corrected chi connectivity index (χ1v) is 6.81. The van der Waals surface area contributed by atoms with Crippen molar-refractivity contribution < 1.29 is 5.11 Å². The predicted molar refractivity (Wildman–Crippen MR) is 74.5 cm³/mol. The Morgan fingerprint density at radius 3 is 2.44 bits per heavy atom. The Kier molecular flexibility index (Phi) is 4.05. The first-order valence-electron chi connectivity index (χ1n) is 6.81. The van der Waals surface area contributed by atoms with Crippen LogP contribution in [0.3, 0.4) is 0 Å². The van der Waals surface area contributed by atoms with Crippen LogP contribution in [0, 0.1) is 0 Å². The summed E-state index contributed by atoms with van der Waals surface area (Å²) in [5.41, 5.74) is 7.86. The van der Waals surface area contributed by atoms with Gasteiger partial charge in [-0.25, -0.2) is 0 Å². The Balaban J connectivity index is 2.22. The monoisotopic (exact) mass is 248 g/mol. The summed E-state index contributed by atoms with van der Waals surface area (Å²) in [5.74, 6) is 0.486. The SMILES string of the molecule is CC(C)c1cccc(C(N)C2(O)CCNCC2)c1. The number of rotatable bonds is 3. The molecule has 0 radical (unpaired) electrons. The molecule has 4 N–H and O–H groups in total. The second kappa shape index (κ2) is 5.39. The van der Waals surface area contributed by atoms with Gasteiger partial charge in [0.2, 0.25) is 0 Å². The summed E-state index contributed by atoms with van der Waals surface area (Å²) >= 11 is 0. The molecule has 1 aromatic rings. The third kappa shape index (κ3) is 2.74. The van der Waals surface area contributed by atoms with Gasteiger partial charge in [-0.15, -0.1) is 0 Å². The molecule has 3 heteroatoms. The zero-order valence-corrected chi connectivity index (χ0v) is 11.3. The average molecular weight is 248 g/mol. The summed E-state index contributed by atoms with van der Waals surface area (Å²) in [5, 5.41) is 13.9. The van der Waals surface area contributed by atoms with Gasteiger partial charge in [0.05, 0.1) is 11.6 Å². The third-order valence-corrected chi connectivity index (χ3v) is 3.98. The summed E-state index contributed by atoms with van der Waals surface area (Å²) in [4.78, 5) is 0. The molecule has 1 fully saturated rings. The average Bonchev–Trinajstić information content (AvgIpc) is 2.39. The molecule has 0 bridgehead atoms. The van der Waals surface area contributed by atoms with Gasteiger partial charge in [-0.05, 0) is 43.0 Å². The standard InChI is InChI=1S/C15H24N2O/c1-11(2)12-4-3-5-13(10-12)14(16)15(18)6-8-17-9-7-15/h3-5,10-11,14,17-18H,6-9,16H2,1-2H3. The maximum absolute atomic E-state index is 10.7. The molecule has 0 aromatic heterocycles. The van der Waals surface area contributed by atoms with Crippen molar-refractivity contribution in [2.75, 3.05) is 13.1 Å². The van der Waals surface area contributed by atoms with Crippen molar-refractivity contribution in [2.24, 2.45) is 5.73 Å². The van der Waals surface area contributed by atoms with Crippen molar-refractivity contribution in [3.63, 3.8) is 0 Å². The lowest BCUT2D eigenvalue weighted by atomic mass is 9.81. The summed E-state index contributed by atoms with van der Waals surface area (Å²) in [7, 11) is 0. The van der Waals surface area contributed by atoms with Crippen molar-refractivity contribution in [1.82, 2.24) is 5.32 Å². The van der Waals surface area contributed by atoms with Gasteiger partial charge in [0.1, 0.15) is 0 Å². The molecule has 1 saturated heterocycles. The minimum atomic E-state index is -0.763. The second-order valence-corrected chi connectivity index (χ2v) is 5.66. The Morgan fingerprint density at radius 2 is 1.83 bits per heavy atom. The molecule has 1 aliphatic rings. The quantitative estimate of drug-likeness (QED) is 0.766. The van der Waals surface area contributed by atoms with E-state index < -0.39 is 5.60 Å². The van der Waals surface area contributed by atoms with E-state index in [9.17, 15) is 5.11 Å². The van der Waals surface area contributed by atoms with Crippen LogP contribution in [0.1, 0.15) is 49.8 Å². The van der Waals surface area contributed by atoms with Crippen LogP contribution < -0.4 is 11.1 Å². The van der Waals surface area contributed by atoms with Crippen LogP contribution in [-0.4, -0.2) is 23.8 Å². The molecule has 0 amide bonds. The van der Waals surface area contributed by atoms with Crippen LogP contribution in [0.2, 0.25) is 0 Å². The molecule has 100 valence electrons. The molecule has 0 spiro atoms. The van der Waals surface area contributed by atoms with Gasteiger partial charge in [0.25, 0.3) is 0 Å². The summed E-state index contributed by atoms with van der Waals surface area (Å²) in [6, 6.07) is 8.02. The van der Waals surface area contributed by atoms with E-state index in [1.54, 1.807) is 0 Å². The van der Waals surface area contributed by atoms with Gasteiger partial charge >= 0.3 is 0 Å². The molecule has 1 heterocycles. The molecule has 3 nitrogen and oxygen atoms in total. The van der Waals surface area contributed by atoms with Gasteiger partial charge in [-0.1, -0.05) is 38.1 Å². The second-order valence-electron chi connectivity index (χ2n) is 5.66. The van der Waals surface area contributed by atoms with Crippen LogP contribution in [-0.2, 0) is 0 Å². The van der Waals surface area contributed by atoms with E-state index in [0.717, 1.165) is 31.5 Å². The van der Waals surface area contributed by atoms with Gasteiger partial charge < -0.3 is 16.2 Å². The van der Waals surface area contributed by atoms with Crippen molar-refractivity contribution >= 4 is 0 Å². The number of hydrogen-bond donors (Lipinski definition) is 3. The normalized spacial score (nSPS) is 20.9. The largest absolute Gasteiger partial charge is 0.388 e. The van der Waals surface area contributed by atoms with Crippen molar-refractivity contribution in [3.05, 3.63) is 35.4 Å². The van der Waals surface area contributed by atoms with Crippen LogP contribution in [0.5, 0.6) is 0 Å². The first-order chi connectivity index (χ1) is 8.53. The molecular formula is C15H24N2O. The molecule has 1 aliphatic heterocycles. The fraction of sp³-hybridized carbons (Fsp3) is 0.600. The van der Waals surface area contributed by atoms with Gasteiger partial charge in [0.15, 0.2) is 0 Å². The van der Waals surface area contributed by atoms with Crippen molar-refractivity contribution in [2.45, 2.75) is 44.2 Å². The molecular weight excluding hydrogens is 224 g/mol. The van der Waals surface area contributed by atoms with Crippen molar-refractivity contribution in [1.29, 1.82) is 0 Å². The molecule has 18 heavy (non-hydrogen) atoms. The Morgan fingerprint density at radius 1 is 1.22 bits per heavy atom. The topological polar surface area (TPSA) is 58.3 Å². The Hall–Kier alpha value is -0.900. The highest BCUT2D eigenvalue weighted by molar-refractivity contribution is 5.29. The van der Waals surface area contributed by atoms with E-state index in [1.807, 2.05) is 12.1 Å². The van der Waals surface area contributed by atoms with Crippen LogP contribution in [0.25, 0.3) is 0 Å². The molecule has 1 aromatic carbocycles. The summed E-state index contributed by atoms with van der Waals surface area (Å²) in [6.45, 7) is 6.02. The highest BCUT2D eigenvalue weighted by Crippen LogP contribution is 2.32. The van der Waals surface area contributed by atoms with Gasteiger partial charge in [-0.3, -0.25) is 0 Å². The fourth-order valence-corrected chi connectivity index (χ4v) is 2.59. The molecule has 0 saturated carbocycles. The Labute approximate surface area is 109 Å². The van der Waals surface area contributed by atoms with E-state index in [-0.39, 0.29) is 6.04 Å². The number of nitrogens with one attached hydrogen (secondary N) is 1. The molecule has 0 aliphatic carbocycles. The predicted octanol–water partition coefficient (Wildman–Crippen LogP) is 1.92. The van der Waals surface area contributed by atoms with Crippen LogP contribution in [0.4, 0.5) is 0 Å². The maximum atomic E-state index is 10.7. The zero-order chi connectivity index (χ0) is 13.2. The molecule has 1 atom stereocenters. The zero-order valence-electron chi connectivity index (χ0n) is 11.3. The lowest BCUT2D eigenvalue weighted by Gasteiger charge is -2.38. The van der Waals surface area contributed by atoms with E-state index in [0.29, 0.717) is 5.92 Å². The minimum absolute atomic E-state index is 0.293. The first kappa shape index (κ1) is 13.5. The molecule has 2 rings (SSSR count). The number of benzene rings is 1. The fourth-order valence-electron chi connectivity index (χ4n) is 2.59. The number of hydrogen-bond acceptors (Lipinski definition) is 3. The van der Waals surface area contributed by atoms with Gasteiger partial charge in [-0.2, -0.15) is 0 Å². The van der Waals surface area contributed by atoms with E-state index in [2.05, 4.69) is 31.3 Å². The van der Waals surface area contributed by atoms with Crippen LogP contribution >= 0.6 is 0 Å². The third-order valence-electron chi connectivity index (χ3n) is 3.98. The molecule has 1 unspecified atom stereocenters. The Bertz CT molecular complexity index is 397.